The summed E-state index contributed by atoms with van der Waals surface area (Å²) in [6.45, 7) is 2.14. The second kappa shape index (κ2) is 4.83. The van der Waals surface area contributed by atoms with E-state index < -0.39 is 0 Å². The molecule has 0 amide bonds. The summed E-state index contributed by atoms with van der Waals surface area (Å²) in [6, 6.07) is 0. The van der Waals surface area contributed by atoms with E-state index in [9.17, 15) is 5.11 Å². The molecule has 0 aromatic rings. The fourth-order valence-electron chi connectivity index (χ4n) is 1.67. The average molecular weight is 172 g/mol. The van der Waals surface area contributed by atoms with Crippen LogP contribution in [-0.2, 0) is 4.74 Å². The molecule has 0 aromatic carbocycles. The van der Waals surface area contributed by atoms with Gasteiger partial charge in [0.1, 0.15) is 0 Å². The number of aliphatic hydroxyl groups excluding tert-OH is 1. The van der Waals surface area contributed by atoms with Gasteiger partial charge in [-0.15, -0.1) is 0 Å². The third-order valence-corrected chi connectivity index (χ3v) is 2.59. The topological polar surface area (TPSA) is 29.5 Å². The van der Waals surface area contributed by atoms with Gasteiger partial charge in [-0.25, -0.2) is 0 Å². The minimum absolute atomic E-state index is 0.108. The zero-order valence-corrected chi connectivity index (χ0v) is 8.12. The van der Waals surface area contributed by atoms with Crippen LogP contribution in [0, 0.1) is 5.92 Å². The number of methoxy groups -OCH3 is 1. The molecular formula is C10H20O2. The Morgan fingerprint density at radius 2 is 2.17 bits per heavy atom. The number of unbranched alkanes of at least 4 members (excludes halogenated alkanes) is 1. The fraction of sp³-hybridized carbons (Fsp3) is 1.00. The molecule has 0 heterocycles. The molecule has 0 saturated heterocycles. The molecule has 1 saturated carbocycles. The van der Waals surface area contributed by atoms with E-state index in [0.717, 1.165) is 19.3 Å². The van der Waals surface area contributed by atoms with Gasteiger partial charge < -0.3 is 9.84 Å². The Morgan fingerprint density at radius 1 is 1.50 bits per heavy atom. The van der Waals surface area contributed by atoms with E-state index in [-0.39, 0.29) is 12.2 Å². The molecule has 1 rings (SSSR count). The van der Waals surface area contributed by atoms with Crippen LogP contribution < -0.4 is 0 Å². The maximum atomic E-state index is 9.73. The van der Waals surface area contributed by atoms with E-state index in [4.69, 9.17) is 4.74 Å². The Morgan fingerprint density at radius 3 is 2.58 bits per heavy atom. The van der Waals surface area contributed by atoms with Gasteiger partial charge in [-0.2, -0.15) is 0 Å². The van der Waals surface area contributed by atoms with Crippen molar-refractivity contribution < 1.29 is 9.84 Å². The van der Waals surface area contributed by atoms with Crippen molar-refractivity contribution >= 4 is 0 Å². The molecule has 0 spiro atoms. The molecule has 1 aliphatic carbocycles. The van der Waals surface area contributed by atoms with Crippen LogP contribution in [0.15, 0.2) is 0 Å². The van der Waals surface area contributed by atoms with Gasteiger partial charge in [-0.3, -0.25) is 0 Å². The molecule has 2 nitrogen and oxygen atoms in total. The molecule has 0 aromatic heterocycles. The Balaban J connectivity index is 2.21. The Hall–Kier alpha value is -0.0800. The lowest BCUT2D eigenvalue weighted by Gasteiger charge is -2.20. The molecule has 1 N–H and O–H groups in total. The summed E-state index contributed by atoms with van der Waals surface area (Å²) in [4.78, 5) is 0. The normalized spacial score (nSPS) is 22.2. The maximum Gasteiger partial charge on any atom is 0.0858 e. The van der Waals surface area contributed by atoms with Crippen LogP contribution in [0.25, 0.3) is 0 Å². The van der Waals surface area contributed by atoms with E-state index >= 15 is 0 Å². The summed E-state index contributed by atoms with van der Waals surface area (Å²) < 4.78 is 5.28. The van der Waals surface area contributed by atoms with Crippen molar-refractivity contribution in [1.82, 2.24) is 0 Å². The molecule has 2 heteroatoms. The van der Waals surface area contributed by atoms with Crippen molar-refractivity contribution in [3.8, 4) is 0 Å². The van der Waals surface area contributed by atoms with Crippen molar-refractivity contribution in [2.75, 3.05) is 7.11 Å². The quantitative estimate of drug-likeness (QED) is 0.663. The number of ether oxygens (including phenoxy) is 1. The first-order valence-electron chi connectivity index (χ1n) is 5.00. The van der Waals surface area contributed by atoms with Crippen LogP contribution in [-0.4, -0.2) is 24.4 Å². The molecule has 0 bridgehead atoms. The molecule has 1 fully saturated rings. The molecule has 0 aliphatic heterocycles. The minimum Gasteiger partial charge on any atom is -0.390 e. The molecule has 2 atom stereocenters. The fourth-order valence-corrected chi connectivity index (χ4v) is 1.67. The van der Waals surface area contributed by atoms with Gasteiger partial charge in [0.15, 0.2) is 0 Å². The standard InChI is InChI=1S/C10H20O2/c1-3-4-5-9(11)10(12-2)8-6-7-8/h8-11H,3-7H2,1-2H3. The maximum absolute atomic E-state index is 9.73. The van der Waals surface area contributed by atoms with E-state index in [2.05, 4.69) is 6.92 Å². The van der Waals surface area contributed by atoms with Crippen LogP contribution >= 0.6 is 0 Å². The van der Waals surface area contributed by atoms with E-state index in [0.29, 0.717) is 5.92 Å². The smallest absolute Gasteiger partial charge is 0.0858 e. The third-order valence-electron chi connectivity index (χ3n) is 2.59. The highest BCUT2D eigenvalue weighted by Gasteiger charge is 2.35. The second-order valence-corrected chi connectivity index (χ2v) is 3.75. The van der Waals surface area contributed by atoms with E-state index in [1.165, 1.54) is 12.8 Å². The Bertz CT molecular complexity index is 121. The molecule has 1 aliphatic rings. The van der Waals surface area contributed by atoms with Crippen molar-refractivity contribution in [2.45, 2.75) is 51.2 Å². The summed E-state index contributed by atoms with van der Waals surface area (Å²) in [5.41, 5.74) is 0. The first-order chi connectivity index (χ1) is 5.79. The highest BCUT2D eigenvalue weighted by atomic mass is 16.5. The van der Waals surface area contributed by atoms with Crippen LogP contribution in [0.2, 0.25) is 0 Å². The molecular weight excluding hydrogens is 152 g/mol. The van der Waals surface area contributed by atoms with Crippen molar-refractivity contribution in [3.63, 3.8) is 0 Å². The predicted octanol–water partition coefficient (Wildman–Crippen LogP) is 1.96. The summed E-state index contributed by atoms with van der Waals surface area (Å²) in [7, 11) is 1.71. The van der Waals surface area contributed by atoms with Crippen molar-refractivity contribution in [2.24, 2.45) is 5.92 Å². The summed E-state index contributed by atoms with van der Waals surface area (Å²) in [5.74, 6) is 0.641. The monoisotopic (exact) mass is 172 g/mol. The molecule has 0 radical (unpaired) electrons. The average Bonchev–Trinajstić information content (AvgIpc) is 2.86. The number of rotatable bonds is 6. The molecule has 2 unspecified atom stereocenters. The third kappa shape index (κ3) is 2.76. The minimum atomic E-state index is -0.234. The zero-order chi connectivity index (χ0) is 8.97. The summed E-state index contributed by atoms with van der Waals surface area (Å²) in [5, 5.41) is 9.73. The highest BCUT2D eigenvalue weighted by molar-refractivity contribution is 4.86. The lowest BCUT2D eigenvalue weighted by Crippen LogP contribution is -2.29. The van der Waals surface area contributed by atoms with Crippen LogP contribution in [0.5, 0.6) is 0 Å². The van der Waals surface area contributed by atoms with Gasteiger partial charge in [-0.05, 0) is 25.2 Å². The summed E-state index contributed by atoms with van der Waals surface area (Å²) >= 11 is 0. The zero-order valence-electron chi connectivity index (χ0n) is 8.12. The van der Waals surface area contributed by atoms with Crippen LogP contribution in [0.3, 0.4) is 0 Å². The summed E-state index contributed by atoms with van der Waals surface area (Å²) in [6.07, 6.45) is 5.50. The number of hydrogen-bond acceptors (Lipinski definition) is 2. The Labute approximate surface area is 74.9 Å². The predicted molar refractivity (Wildman–Crippen MR) is 49.1 cm³/mol. The first-order valence-corrected chi connectivity index (χ1v) is 5.00. The molecule has 72 valence electrons. The van der Waals surface area contributed by atoms with Gasteiger partial charge in [-0.1, -0.05) is 19.8 Å². The van der Waals surface area contributed by atoms with Crippen molar-refractivity contribution in [1.29, 1.82) is 0 Å². The van der Waals surface area contributed by atoms with Gasteiger partial charge in [0.2, 0.25) is 0 Å². The lowest BCUT2D eigenvalue weighted by atomic mass is 10.0. The Kier molecular flexibility index (Phi) is 4.02. The van der Waals surface area contributed by atoms with Crippen molar-refractivity contribution in [3.05, 3.63) is 0 Å². The largest absolute Gasteiger partial charge is 0.390 e. The first kappa shape index (κ1) is 10.0. The second-order valence-electron chi connectivity index (χ2n) is 3.75. The van der Waals surface area contributed by atoms with E-state index in [1.54, 1.807) is 7.11 Å². The highest BCUT2D eigenvalue weighted by Crippen LogP contribution is 2.36. The van der Waals surface area contributed by atoms with E-state index in [1.807, 2.05) is 0 Å². The lowest BCUT2D eigenvalue weighted by molar-refractivity contribution is -0.0286. The SMILES string of the molecule is CCCCC(O)C(OC)C1CC1. The van der Waals surface area contributed by atoms with Gasteiger partial charge >= 0.3 is 0 Å². The molecule has 12 heavy (non-hydrogen) atoms. The number of aliphatic hydroxyl groups is 1. The van der Waals surface area contributed by atoms with Gasteiger partial charge in [0, 0.05) is 7.11 Å². The van der Waals surface area contributed by atoms with Crippen LogP contribution in [0.4, 0.5) is 0 Å². The number of hydrogen-bond donors (Lipinski definition) is 1. The van der Waals surface area contributed by atoms with Gasteiger partial charge in [0.05, 0.1) is 12.2 Å². The van der Waals surface area contributed by atoms with Crippen LogP contribution in [0.1, 0.15) is 39.0 Å². The van der Waals surface area contributed by atoms with Gasteiger partial charge in [0.25, 0.3) is 0 Å².